The van der Waals surface area contributed by atoms with E-state index in [0.717, 1.165) is 45.6 Å². The van der Waals surface area contributed by atoms with Crippen molar-refractivity contribution < 1.29 is 4.74 Å². The molecule has 126 valence electrons. The zero-order valence-corrected chi connectivity index (χ0v) is 14.2. The maximum absolute atomic E-state index is 6.69. The lowest BCUT2D eigenvalue weighted by Gasteiger charge is -2.48. The predicted octanol–water partition coefficient (Wildman–Crippen LogP) is 3.38. The molecule has 1 spiro atoms. The van der Waals surface area contributed by atoms with Crippen LogP contribution in [0.25, 0.3) is 0 Å². The Morgan fingerprint density at radius 1 is 0.958 bits per heavy atom. The Hall–Kier alpha value is -1.68. The summed E-state index contributed by atoms with van der Waals surface area (Å²) in [6.45, 7) is 5.12. The van der Waals surface area contributed by atoms with Crippen molar-refractivity contribution in [3.8, 4) is 0 Å². The number of hydrogen-bond acceptors (Lipinski definition) is 3. The second-order valence-electron chi connectivity index (χ2n) is 7.11. The largest absolute Gasteiger partial charge is 0.364 e. The highest BCUT2D eigenvalue weighted by atomic mass is 16.5. The van der Waals surface area contributed by atoms with Crippen LogP contribution in [-0.2, 0) is 11.3 Å². The summed E-state index contributed by atoms with van der Waals surface area (Å²) in [6, 6.07) is 21.5. The van der Waals surface area contributed by atoms with Gasteiger partial charge < -0.3 is 10.1 Å². The Labute approximate surface area is 144 Å². The van der Waals surface area contributed by atoms with Crippen LogP contribution in [0.5, 0.6) is 0 Å². The van der Waals surface area contributed by atoms with Gasteiger partial charge in [-0.25, -0.2) is 0 Å². The number of nitrogens with zero attached hydrogens (tertiary/aromatic N) is 1. The highest BCUT2D eigenvalue weighted by Crippen LogP contribution is 2.36. The number of nitrogens with one attached hydrogen (secondary N) is 1. The maximum Gasteiger partial charge on any atom is 0.0960 e. The minimum atomic E-state index is -0.00120. The molecular formula is C21H26N2O. The van der Waals surface area contributed by atoms with E-state index in [0.29, 0.717) is 0 Å². The summed E-state index contributed by atoms with van der Waals surface area (Å²) in [5.41, 5.74) is 2.68. The second-order valence-corrected chi connectivity index (χ2v) is 7.11. The first-order chi connectivity index (χ1) is 11.8. The first-order valence-electron chi connectivity index (χ1n) is 9.03. The summed E-state index contributed by atoms with van der Waals surface area (Å²) < 4.78 is 6.69. The molecule has 0 amide bonds. The Balaban J connectivity index is 1.57. The minimum absolute atomic E-state index is 0.00120. The van der Waals surface area contributed by atoms with Gasteiger partial charge in [-0.15, -0.1) is 0 Å². The lowest BCUT2D eigenvalue weighted by molar-refractivity contribution is -0.171. The molecule has 0 aliphatic carbocycles. The lowest BCUT2D eigenvalue weighted by Crippen LogP contribution is -2.56. The topological polar surface area (TPSA) is 24.5 Å². The number of piperidine rings is 1. The summed E-state index contributed by atoms with van der Waals surface area (Å²) >= 11 is 0. The van der Waals surface area contributed by atoms with Crippen LogP contribution >= 0.6 is 0 Å². The van der Waals surface area contributed by atoms with E-state index in [4.69, 9.17) is 4.74 Å². The van der Waals surface area contributed by atoms with Crippen molar-refractivity contribution in [3.05, 3.63) is 71.8 Å². The molecule has 0 saturated carbocycles. The summed E-state index contributed by atoms with van der Waals surface area (Å²) in [5.74, 6) is 0. The molecule has 2 fully saturated rings. The predicted molar refractivity (Wildman–Crippen MR) is 96.8 cm³/mol. The molecule has 1 atom stereocenters. The van der Waals surface area contributed by atoms with Gasteiger partial charge in [0.05, 0.1) is 11.7 Å². The molecular weight excluding hydrogens is 296 g/mol. The first-order valence-corrected chi connectivity index (χ1v) is 9.03. The Morgan fingerprint density at radius 3 is 2.33 bits per heavy atom. The van der Waals surface area contributed by atoms with E-state index in [1.54, 1.807) is 0 Å². The number of hydrogen-bond donors (Lipinski definition) is 1. The number of ether oxygens (including phenoxy) is 1. The summed E-state index contributed by atoms with van der Waals surface area (Å²) in [5, 5.41) is 3.48. The molecule has 0 bridgehead atoms. The van der Waals surface area contributed by atoms with E-state index in [2.05, 4.69) is 70.9 Å². The van der Waals surface area contributed by atoms with Crippen molar-refractivity contribution in [1.29, 1.82) is 0 Å². The van der Waals surface area contributed by atoms with Crippen molar-refractivity contribution in [2.24, 2.45) is 0 Å². The van der Waals surface area contributed by atoms with Gasteiger partial charge in [-0.1, -0.05) is 60.7 Å². The lowest BCUT2D eigenvalue weighted by atomic mass is 9.88. The molecule has 2 aliphatic heterocycles. The van der Waals surface area contributed by atoms with Crippen molar-refractivity contribution >= 4 is 0 Å². The van der Waals surface area contributed by atoms with Gasteiger partial charge in [0, 0.05) is 19.6 Å². The zero-order valence-electron chi connectivity index (χ0n) is 14.2. The fraction of sp³-hybridized carbons (Fsp3) is 0.429. The smallest absolute Gasteiger partial charge is 0.0960 e. The van der Waals surface area contributed by atoms with Crippen LogP contribution < -0.4 is 5.32 Å². The van der Waals surface area contributed by atoms with E-state index >= 15 is 0 Å². The minimum Gasteiger partial charge on any atom is -0.364 e. The molecule has 2 saturated heterocycles. The second kappa shape index (κ2) is 7.06. The molecule has 24 heavy (non-hydrogen) atoms. The van der Waals surface area contributed by atoms with Gasteiger partial charge in [0.2, 0.25) is 0 Å². The molecule has 0 unspecified atom stereocenters. The molecule has 1 N–H and O–H groups in total. The Bertz CT molecular complexity index is 637. The van der Waals surface area contributed by atoms with Crippen molar-refractivity contribution in [3.63, 3.8) is 0 Å². The van der Waals surface area contributed by atoms with Gasteiger partial charge in [-0.2, -0.15) is 0 Å². The molecule has 4 rings (SSSR count). The van der Waals surface area contributed by atoms with E-state index < -0.39 is 0 Å². The van der Waals surface area contributed by atoms with Crippen LogP contribution in [0, 0.1) is 0 Å². The van der Waals surface area contributed by atoms with E-state index in [1.807, 2.05) is 0 Å². The third-order valence-corrected chi connectivity index (χ3v) is 5.26. The zero-order chi connectivity index (χ0) is 16.2. The molecule has 3 nitrogen and oxygen atoms in total. The monoisotopic (exact) mass is 322 g/mol. The highest BCUT2D eigenvalue weighted by molar-refractivity contribution is 5.20. The van der Waals surface area contributed by atoms with Gasteiger partial charge in [0.1, 0.15) is 0 Å². The maximum atomic E-state index is 6.69. The van der Waals surface area contributed by atoms with Gasteiger partial charge in [-0.3, -0.25) is 4.90 Å². The Kier molecular flexibility index (Phi) is 4.65. The number of rotatable bonds is 3. The molecule has 2 aromatic carbocycles. The first kappa shape index (κ1) is 15.8. The van der Waals surface area contributed by atoms with E-state index in [1.165, 1.54) is 11.1 Å². The highest BCUT2D eigenvalue weighted by Gasteiger charge is 2.41. The van der Waals surface area contributed by atoms with Crippen LogP contribution in [0.2, 0.25) is 0 Å². The third-order valence-electron chi connectivity index (χ3n) is 5.26. The van der Waals surface area contributed by atoms with Gasteiger partial charge in [0.25, 0.3) is 0 Å². The van der Waals surface area contributed by atoms with Gasteiger partial charge in [0.15, 0.2) is 0 Å². The van der Waals surface area contributed by atoms with Crippen LogP contribution in [0.3, 0.4) is 0 Å². The fourth-order valence-corrected chi connectivity index (χ4v) is 4.04. The molecule has 2 aliphatic rings. The molecule has 2 heterocycles. The molecule has 2 aromatic rings. The van der Waals surface area contributed by atoms with Crippen LogP contribution in [0.1, 0.15) is 30.1 Å². The number of benzene rings is 2. The van der Waals surface area contributed by atoms with Gasteiger partial charge >= 0.3 is 0 Å². The molecule has 0 aromatic heterocycles. The van der Waals surface area contributed by atoms with Gasteiger partial charge in [-0.05, 0) is 37.1 Å². The average Bonchev–Trinajstić information content (AvgIpc) is 2.63. The SMILES string of the molecule is c1ccc(CN2C[C@H](c3ccccc3)OC3(CCNCC3)C2)cc1. The molecule has 0 radical (unpaired) electrons. The molecule has 3 heteroatoms. The fourth-order valence-electron chi connectivity index (χ4n) is 4.04. The van der Waals surface area contributed by atoms with Crippen LogP contribution in [-0.4, -0.2) is 36.7 Å². The standard InChI is InChI=1S/C21H26N2O/c1-3-7-18(8-4-1)15-23-16-20(19-9-5-2-6-10-19)24-21(17-23)11-13-22-14-12-21/h1-10,20,22H,11-17H2/t20-/m1/s1. The summed E-state index contributed by atoms with van der Waals surface area (Å²) in [7, 11) is 0. The van der Waals surface area contributed by atoms with Crippen LogP contribution in [0.15, 0.2) is 60.7 Å². The number of morpholine rings is 1. The normalized spacial score (nSPS) is 24.1. The van der Waals surface area contributed by atoms with Crippen LogP contribution in [0.4, 0.5) is 0 Å². The third kappa shape index (κ3) is 3.54. The summed E-state index contributed by atoms with van der Waals surface area (Å²) in [4.78, 5) is 2.59. The van der Waals surface area contributed by atoms with Crippen molar-refractivity contribution in [2.75, 3.05) is 26.2 Å². The summed E-state index contributed by atoms with van der Waals surface area (Å²) in [6.07, 6.45) is 2.37. The van der Waals surface area contributed by atoms with Crippen molar-refractivity contribution in [1.82, 2.24) is 10.2 Å². The average molecular weight is 322 g/mol. The van der Waals surface area contributed by atoms with E-state index in [-0.39, 0.29) is 11.7 Å². The van der Waals surface area contributed by atoms with Crippen molar-refractivity contribution in [2.45, 2.75) is 31.1 Å². The Morgan fingerprint density at radius 2 is 1.62 bits per heavy atom. The van der Waals surface area contributed by atoms with E-state index in [9.17, 15) is 0 Å². The quantitative estimate of drug-likeness (QED) is 0.937.